The van der Waals surface area contributed by atoms with E-state index in [-0.39, 0.29) is 0 Å². The summed E-state index contributed by atoms with van der Waals surface area (Å²) in [5, 5.41) is 0. The highest BCUT2D eigenvalue weighted by Crippen LogP contribution is 2.05. The molecule has 0 unspecified atom stereocenters. The quantitative estimate of drug-likeness (QED) is 0.442. The molecule has 0 bridgehead atoms. The molecular formula is C23H51N. The molecule has 0 spiro atoms. The molecule has 0 amide bonds. The average molecular weight is 342 g/mol. The number of hydrogen-bond donors (Lipinski definition) is 0. The molecule has 24 heavy (non-hydrogen) atoms. The summed E-state index contributed by atoms with van der Waals surface area (Å²) in [4.78, 5) is 4.12. The minimum atomic E-state index is 0.855. The molecule has 0 rings (SSSR count). The van der Waals surface area contributed by atoms with Crippen molar-refractivity contribution in [3.05, 3.63) is 23.4 Å². The number of rotatable bonds is 5. The fraction of sp³-hybridized carbons (Fsp3) is 0.783. The summed E-state index contributed by atoms with van der Waals surface area (Å²) in [6, 6.07) is 0. The van der Waals surface area contributed by atoms with Crippen LogP contribution in [0, 0.1) is 5.92 Å². The van der Waals surface area contributed by atoms with Crippen molar-refractivity contribution < 1.29 is 0 Å². The first-order valence-electron chi connectivity index (χ1n) is 10.1. The van der Waals surface area contributed by atoms with Crippen molar-refractivity contribution in [3.8, 4) is 0 Å². The molecule has 0 aromatic rings. The molecule has 0 N–H and O–H groups in total. The van der Waals surface area contributed by atoms with Gasteiger partial charge in [0.1, 0.15) is 0 Å². The van der Waals surface area contributed by atoms with Gasteiger partial charge in [0.05, 0.1) is 0 Å². The maximum atomic E-state index is 4.12. The van der Waals surface area contributed by atoms with Crippen LogP contribution in [-0.2, 0) is 0 Å². The number of hydrogen-bond acceptors (Lipinski definition) is 1. The van der Waals surface area contributed by atoms with Crippen LogP contribution in [0.15, 0.2) is 28.4 Å². The maximum Gasteiger partial charge on any atom is 0.0301 e. The van der Waals surface area contributed by atoms with Crippen molar-refractivity contribution in [2.75, 3.05) is 0 Å². The summed E-state index contributed by atoms with van der Waals surface area (Å²) in [6.45, 7) is 30.9. The molecule has 0 saturated carbocycles. The highest BCUT2D eigenvalue weighted by molar-refractivity contribution is 5.79. The van der Waals surface area contributed by atoms with E-state index in [1.54, 1.807) is 0 Å². The van der Waals surface area contributed by atoms with Crippen LogP contribution < -0.4 is 0 Å². The smallest absolute Gasteiger partial charge is 0.0301 e. The van der Waals surface area contributed by atoms with E-state index in [2.05, 4.69) is 67.0 Å². The van der Waals surface area contributed by atoms with Gasteiger partial charge in [-0.25, -0.2) is 0 Å². The summed E-state index contributed by atoms with van der Waals surface area (Å²) in [5.74, 6) is 0.884. The summed E-state index contributed by atoms with van der Waals surface area (Å²) in [6.07, 6.45) is 6.91. The van der Waals surface area contributed by atoms with Crippen molar-refractivity contribution in [3.63, 3.8) is 0 Å². The SMILES string of the molecule is C=C(C)N=C/C(C)=C(\C)CC.CC.CC.CCC(C)C.CCCC. The molecule has 0 fully saturated rings. The Morgan fingerprint density at radius 3 is 1.38 bits per heavy atom. The van der Waals surface area contributed by atoms with E-state index < -0.39 is 0 Å². The van der Waals surface area contributed by atoms with Gasteiger partial charge in [-0.05, 0) is 38.7 Å². The number of aliphatic imine (C=N–C) groups is 1. The van der Waals surface area contributed by atoms with Crippen molar-refractivity contribution in [2.45, 2.75) is 116 Å². The van der Waals surface area contributed by atoms with Crippen molar-refractivity contribution in [1.29, 1.82) is 0 Å². The molecule has 0 aromatic carbocycles. The Morgan fingerprint density at radius 2 is 1.21 bits per heavy atom. The minimum absolute atomic E-state index is 0.855. The number of unbranched alkanes of at least 4 members (excludes halogenated alkanes) is 1. The standard InChI is InChI=1S/C10H17N.C5H12.C4H10.2C2H6/c1-6-9(4)10(5)7-11-8(2)3;1-4-5(2)3;1-3-4-2;2*1-2/h7H,2,6H2,1,3-5H3;5H,4H2,1-3H3;3-4H2,1-2H3;2*1-2H3/b10-9+,11-7?;;;;. The van der Waals surface area contributed by atoms with E-state index in [1.807, 2.05) is 40.8 Å². The largest absolute Gasteiger partial charge is 0.262 e. The zero-order chi connectivity index (χ0) is 20.6. The summed E-state index contributed by atoms with van der Waals surface area (Å²) >= 11 is 0. The van der Waals surface area contributed by atoms with Gasteiger partial charge in [0.2, 0.25) is 0 Å². The number of nitrogens with zero attached hydrogens (tertiary/aromatic N) is 1. The fourth-order valence-corrected chi connectivity index (χ4v) is 0.596. The van der Waals surface area contributed by atoms with Crippen LogP contribution in [0.2, 0.25) is 0 Å². The molecule has 1 heteroatoms. The van der Waals surface area contributed by atoms with E-state index in [0.717, 1.165) is 18.0 Å². The predicted octanol–water partition coefficient (Wildman–Crippen LogP) is 9.25. The summed E-state index contributed by atoms with van der Waals surface area (Å²) in [7, 11) is 0. The Morgan fingerprint density at radius 1 is 0.875 bits per heavy atom. The molecule has 148 valence electrons. The molecule has 0 aromatic heterocycles. The van der Waals surface area contributed by atoms with E-state index in [1.165, 1.54) is 30.4 Å². The lowest BCUT2D eigenvalue weighted by Crippen LogP contribution is -1.84. The molecule has 0 aliphatic rings. The number of allylic oxidation sites excluding steroid dienone is 3. The molecular weight excluding hydrogens is 290 g/mol. The fourth-order valence-electron chi connectivity index (χ4n) is 0.596. The Kier molecular flexibility index (Phi) is 48.4. The van der Waals surface area contributed by atoms with Gasteiger partial charge in [-0.1, -0.05) is 101 Å². The lowest BCUT2D eigenvalue weighted by atomic mass is 10.1. The third-order valence-corrected chi connectivity index (χ3v) is 3.00. The first kappa shape index (κ1) is 34.5. The zero-order valence-electron chi connectivity index (χ0n) is 19.6. The minimum Gasteiger partial charge on any atom is -0.262 e. The maximum absolute atomic E-state index is 4.12. The Hall–Kier alpha value is -0.850. The van der Waals surface area contributed by atoms with E-state index >= 15 is 0 Å². The monoisotopic (exact) mass is 341 g/mol. The second-order valence-corrected chi connectivity index (χ2v) is 5.61. The van der Waals surface area contributed by atoms with Crippen LogP contribution in [0.1, 0.15) is 116 Å². The van der Waals surface area contributed by atoms with Crippen molar-refractivity contribution in [1.82, 2.24) is 0 Å². The first-order valence-corrected chi connectivity index (χ1v) is 10.1. The molecule has 0 heterocycles. The van der Waals surface area contributed by atoms with Crippen molar-refractivity contribution >= 4 is 6.21 Å². The van der Waals surface area contributed by atoms with Gasteiger partial charge in [-0.3, -0.25) is 4.99 Å². The highest BCUT2D eigenvalue weighted by Gasteiger charge is 1.89. The van der Waals surface area contributed by atoms with Crippen molar-refractivity contribution in [2.24, 2.45) is 10.9 Å². The third kappa shape index (κ3) is 49.7. The second-order valence-electron chi connectivity index (χ2n) is 5.61. The Labute approximate surface area is 156 Å². The van der Waals surface area contributed by atoms with Crippen LogP contribution in [-0.4, -0.2) is 6.21 Å². The van der Waals surface area contributed by atoms with E-state index in [9.17, 15) is 0 Å². The topological polar surface area (TPSA) is 12.4 Å². The van der Waals surface area contributed by atoms with Crippen LogP contribution >= 0.6 is 0 Å². The first-order chi connectivity index (χ1) is 11.3. The van der Waals surface area contributed by atoms with Gasteiger partial charge >= 0.3 is 0 Å². The lowest BCUT2D eigenvalue weighted by Gasteiger charge is -1.97. The average Bonchev–Trinajstić information content (AvgIpc) is 2.62. The summed E-state index contributed by atoms with van der Waals surface area (Å²) in [5.41, 5.74) is 3.48. The second kappa shape index (κ2) is 33.7. The lowest BCUT2D eigenvalue weighted by molar-refractivity contribution is 0.626. The van der Waals surface area contributed by atoms with Gasteiger partial charge < -0.3 is 0 Å². The van der Waals surface area contributed by atoms with Crippen LogP contribution in [0.25, 0.3) is 0 Å². The van der Waals surface area contributed by atoms with E-state index in [0.29, 0.717) is 0 Å². The summed E-state index contributed by atoms with van der Waals surface area (Å²) < 4.78 is 0. The van der Waals surface area contributed by atoms with Gasteiger partial charge in [0.15, 0.2) is 0 Å². The molecule has 0 aliphatic carbocycles. The van der Waals surface area contributed by atoms with Crippen LogP contribution in [0.5, 0.6) is 0 Å². The molecule has 0 saturated heterocycles. The Balaban J connectivity index is -0.0000000773. The molecule has 0 radical (unpaired) electrons. The Bertz CT molecular complexity index is 268. The van der Waals surface area contributed by atoms with Gasteiger partial charge in [-0.2, -0.15) is 0 Å². The van der Waals surface area contributed by atoms with Gasteiger partial charge in [0, 0.05) is 11.9 Å². The molecule has 1 nitrogen and oxygen atoms in total. The molecule has 0 atom stereocenters. The van der Waals surface area contributed by atoms with E-state index in [4.69, 9.17) is 0 Å². The van der Waals surface area contributed by atoms with Crippen LogP contribution in [0.4, 0.5) is 0 Å². The molecule has 0 aliphatic heterocycles. The zero-order valence-corrected chi connectivity index (χ0v) is 19.6. The van der Waals surface area contributed by atoms with Gasteiger partial charge in [-0.15, -0.1) is 0 Å². The highest BCUT2D eigenvalue weighted by atomic mass is 14.7. The normalized spacial score (nSPS) is 9.92. The predicted molar refractivity (Wildman–Crippen MR) is 120 cm³/mol. The van der Waals surface area contributed by atoms with Crippen LogP contribution in [0.3, 0.4) is 0 Å². The van der Waals surface area contributed by atoms with Gasteiger partial charge in [0.25, 0.3) is 0 Å². The third-order valence-electron chi connectivity index (χ3n) is 3.00.